The third kappa shape index (κ3) is 5.49. The number of piperidine rings is 1. The average Bonchev–Trinajstić information content (AvgIpc) is 3.30. The van der Waals surface area contributed by atoms with Crippen LogP contribution in [0, 0.1) is 17.7 Å². The van der Waals surface area contributed by atoms with Crippen LogP contribution in [0.1, 0.15) is 42.1 Å². The van der Waals surface area contributed by atoms with Crippen LogP contribution in [0.4, 0.5) is 4.39 Å². The monoisotopic (exact) mass is 500 g/mol. The Morgan fingerprint density at radius 3 is 2.83 bits per heavy atom. The van der Waals surface area contributed by atoms with Crippen LogP contribution in [0.2, 0.25) is 5.02 Å². The first kappa shape index (κ1) is 25.1. The van der Waals surface area contributed by atoms with Crippen molar-refractivity contribution in [2.45, 2.75) is 32.2 Å². The molecule has 1 fully saturated rings. The number of amides is 2. The van der Waals surface area contributed by atoms with E-state index >= 15 is 0 Å². The van der Waals surface area contributed by atoms with E-state index in [2.05, 4.69) is 10.3 Å². The fraction of sp³-hybridized carbons (Fsp3) is 0.423. The molecule has 0 saturated carbocycles. The van der Waals surface area contributed by atoms with Crippen LogP contribution in [0.15, 0.2) is 49.1 Å². The predicted molar refractivity (Wildman–Crippen MR) is 132 cm³/mol. The first-order chi connectivity index (χ1) is 16.8. The Morgan fingerprint density at radius 1 is 1.31 bits per heavy atom. The molecule has 3 aromatic rings. The maximum absolute atomic E-state index is 14.2. The smallest absolute Gasteiger partial charge is 0.256 e. The topological polar surface area (TPSA) is 75.9 Å². The van der Waals surface area contributed by atoms with Gasteiger partial charge in [-0.3, -0.25) is 9.59 Å². The summed E-state index contributed by atoms with van der Waals surface area (Å²) in [5.74, 6) is -1.18. The quantitative estimate of drug-likeness (QED) is 0.528. The van der Waals surface area contributed by atoms with Crippen LogP contribution in [0.3, 0.4) is 0 Å². The summed E-state index contributed by atoms with van der Waals surface area (Å²) in [4.78, 5) is 32.6. The van der Waals surface area contributed by atoms with Gasteiger partial charge in [-0.25, -0.2) is 9.37 Å². The molecule has 0 spiro atoms. The predicted octanol–water partition coefficient (Wildman–Crippen LogP) is 4.16. The lowest BCUT2D eigenvalue weighted by Gasteiger charge is -2.40. The summed E-state index contributed by atoms with van der Waals surface area (Å²) in [7, 11) is 1.57. The van der Waals surface area contributed by atoms with Gasteiger partial charge in [0.25, 0.3) is 5.91 Å². The number of hydrogen-bond donors (Lipinski definition) is 1. The minimum Gasteiger partial charge on any atom is -0.384 e. The van der Waals surface area contributed by atoms with Crippen molar-refractivity contribution in [3.63, 3.8) is 0 Å². The summed E-state index contributed by atoms with van der Waals surface area (Å²) in [5, 5.41) is 3.45. The Bertz CT molecular complexity index is 1190. The number of halogens is 2. The van der Waals surface area contributed by atoms with Gasteiger partial charge in [0, 0.05) is 37.3 Å². The Balaban J connectivity index is 1.63. The lowest BCUT2D eigenvalue weighted by atomic mass is 9.84. The zero-order valence-corrected chi connectivity index (χ0v) is 20.8. The number of nitrogens with one attached hydrogen (secondary N) is 1. The molecule has 0 bridgehead atoms. The Kier molecular flexibility index (Phi) is 7.72. The number of ether oxygens (including phenoxy) is 1. The van der Waals surface area contributed by atoms with E-state index in [0.29, 0.717) is 35.7 Å². The van der Waals surface area contributed by atoms with Crippen molar-refractivity contribution in [2.24, 2.45) is 11.8 Å². The van der Waals surface area contributed by atoms with Crippen LogP contribution in [-0.2, 0) is 9.53 Å². The van der Waals surface area contributed by atoms with E-state index in [1.54, 1.807) is 47.1 Å². The highest BCUT2D eigenvalue weighted by Crippen LogP contribution is 2.32. The molecule has 3 heterocycles. The molecular formula is C26H30ClFN4O3. The number of pyridine rings is 1. The maximum atomic E-state index is 14.2. The van der Waals surface area contributed by atoms with Crippen LogP contribution < -0.4 is 5.32 Å². The van der Waals surface area contributed by atoms with Gasteiger partial charge in [0.1, 0.15) is 5.82 Å². The third-order valence-corrected chi connectivity index (χ3v) is 6.93. The molecular weight excluding hydrogens is 471 g/mol. The minimum atomic E-state index is -0.428. The molecule has 9 heteroatoms. The van der Waals surface area contributed by atoms with E-state index in [1.807, 2.05) is 20.0 Å². The van der Waals surface area contributed by atoms with E-state index in [0.717, 1.165) is 5.52 Å². The normalized spacial score (nSPS) is 19.2. The number of carbonyl (C=O) groups is 2. The number of hydrogen-bond acceptors (Lipinski definition) is 4. The molecule has 1 N–H and O–H groups in total. The lowest BCUT2D eigenvalue weighted by molar-refractivity contribution is -0.129. The van der Waals surface area contributed by atoms with E-state index in [4.69, 9.17) is 16.3 Å². The standard InChI is InChI=1S/C26H30ClFN4O3/c1-16(2)22(14-35-3)25(33)30-23-13-31(8-6-20(23)17-9-18(27)11-19(28)10-17)26(34)21-5-4-7-32-15-29-12-24(21)32/h4-5,7,9-12,15-16,20,22-23H,6,8,13-14H2,1-3H3,(H,30,33)/t20-,22-,23+/m0/s1. The molecule has 2 aromatic heterocycles. The first-order valence-corrected chi connectivity index (χ1v) is 12.1. The van der Waals surface area contributed by atoms with Crippen LogP contribution in [-0.4, -0.2) is 58.9 Å². The van der Waals surface area contributed by atoms with Gasteiger partial charge in [-0.05, 0) is 48.2 Å². The molecule has 1 aliphatic rings. The number of imidazole rings is 1. The maximum Gasteiger partial charge on any atom is 0.256 e. The van der Waals surface area contributed by atoms with Crippen LogP contribution in [0.5, 0.6) is 0 Å². The zero-order chi connectivity index (χ0) is 25.1. The fourth-order valence-electron chi connectivity index (χ4n) is 4.81. The number of methoxy groups -OCH3 is 1. The van der Waals surface area contributed by atoms with Crippen LogP contribution in [0.25, 0.3) is 5.52 Å². The minimum absolute atomic E-state index is 0.0674. The zero-order valence-electron chi connectivity index (χ0n) is 20.1. The number of carbonyl (C=O) groups excluding carboxylic acids is 2. The molecule has 0 radical (unpaired) electrons. The van der Waals surface area contributed by atoms with Gasteiger partial charge < -0.3 is 19.4 Å². The highest BCUT2D eigenvalue weighted by atomic mass is 35.5. The largest absolute Gasteiger partial charge is 0.384 e. The molecule has 7 nitrogen and oxygen atoms in total. The first-order valence-electron chi connectivity index (χ1n) is 11.7. The molecule has 186 valence electrons. The van der Waals surface area contributed by atoms with Gasteiger partial charge in [0.05, 0.1) is 42.2 Å². The van der Waals surface area contributed by atoms with E-state index in [1.165, 1.54) is 12.1 Å². The molecule has 1 aromatic carbocycles. The van der Waals surface area contributed by atoms with Crippen molar-refractivity contribution in [3.05, 3.63) is 71.0 Å². The number of fused-ring (bicyclic) bond motifs is 1. The summed E-state index contributed by atoms with van der Waals surface area (Å²) in [6.45, 7) is 4.98. The average molecular weight is 501 g/mol. The van der Waals surface area contributed by atoms with Crippen molar-refractivity contribution in [1.82, 2.24) is 19.6 Å². The lowest BCUT2D eigenvalue weighted by Crippen LogP contribution is -2.54. The van der Waals surface area contributed by atoms with Crippen molar-refractivity contribution in [3.8, 4) is 0 Å². The summed E-state index contributed by atoms with van der Waals surface area (Å²) in [6.07, 6.45) is 5.70. The number of rotatable bonds is 7. The number of likely N-dealkylation sites (tertiary alicyclic amines) is 1. The van der Waals surface area contributed by atoms with E-state index < -0.39 is 11.9 Å². The van der Waals surface area contributed by atoms with E-state index in [9.17, 15) is 14.0 Å². The molecule has 1 saturated heterocycles. The number of nitrogens with zero attached hydrogens (tertiary/aromatic N) is 3. The summed E-state index contributed by atoms with van der Waals surface area (Å²) in [6, 6.07) is 7.61. The SMILES string of the molecule is COC[C@H](C(=O)N[C@@H]1CN(C(=O)c2cccn3cncc23)CC[C@H]1c1cc(F)cc(Cl)c1)C(C)C. The van der Waals surface area contributed by atoms with Gasteiger partial charge in [-0.1, -0.05) is 25.4 Å². The van der Waals surface area contributed by atoms with Crippen molar-refractivity contribution in [1.29, 1.82) is 0 Å². The molecule has 2 amide bonds. The van der Waals surface area contributed by atoms with Gasteiger partial charge in [-0.15, -0.1) is 0 Å². The van der Waals surface area contributed by atoms with Crippen molar-refractivity contribution < 1.29 is 18.7 Å². The number of benzene rings is 1. The summed E-state index contributed by atoms with van der Waals surface area (Å²) >= 11 is 6.14. The van der Waals surface area contributed by atoms with E-state index in [-0.39, 0.29) is 36.1 Å². The Labute approximate surface area is 209 Å². The molecule has 4 rings (SSSR count). The second-order valence-electron chi connectivity index (χ2n) is 9.38. The van der Waals surface area contributed by atoms with Gasteiger partial charge in [0.2, 0.25) is 5.91 Å². The molecule has 3 atom stereocenters. The summed E-state index contributed by atoms with van der Waals surface area (Å²) < 4.78 is 21.3. The second-order valence-corrected chi connectivity index (χ2v) is 9.81. The summed E-state index contributed by atoms with van der Waals surface area (Å²) in [5.41, 5.74) is 1.97. The van der Waals surface area contributed by atoms with Crippen LogP contribution >= 0.6 is 11.6 Å². The highest BCUT2D eigenvalue weighted by Gasteiger charge is 2.36. The van der Waals surface area contributed by atoms with Crippen molar-refractivity contribution in [2.75, 3.05) is 26.8 Å². The second kappa shape index (κ2) is 10.7. The van der Waals surface area contributed by atoms with Crippen molar-refractivity contribution >= 4 is 28.9 Å². The molecule has 0 unspecified atom stereocenters. The van der Waals surface area contributed by atoms with Gasteiger partial charge in [-0.2, -0.15) is 0 Å². The fourth-order valence-corrected chi connectivity index (χ4v) is 5.04. The molecule has 35 heavy (non-hydrogen) atoms. The Hall–Kier alpha value is -2.97. The third-order valence-electron chi connectivity index (χ3n) is 6.71. The highest BCUT2D eigenvalue weighted by molar-refractivity contribution is 6.30. The number of aromatic nitrogens is 2. The Morgan fingerprint density at radius 2 is 2.11 bits per heavy atom. The van der Waals surface area contributed by atoms with Gasteiger partial charge >= 0.3 is 0 Å². The molecule has 0 aliphatic carbocycles. The van der Waals surface area contributed by atoms with Gasteiger partial charge in [0.15, 0.2) is 0 Å². The molecule has 1 aliphatic heterocycles.